The summed E-state index contributed by atoms with van der Waals surface area (Å²) in [7, 11) is 0. The minimum atomic E-state index is 0.181. The van der Waals surface area contributed by atoms with Crippen molar-refractivity contribution in [1.29, 1.82) is 0 Å². The van der Waals surface area contributed by atoms with Crippen LogP contribution in [0.15, 0.2) is 0 Å². The average Bonchev–Trinajstić information content (AvgIpc) is 2.29. The summed E-state index contributed by atoms with van der Waals surface area (Å²) in [5.41, 5.74) is 0.181. The Hall–Kier alpha value is -0.0400. The monoisotopic (exact) mass is 218 g/mol. The molecule has 0 unspecified atom stereocenters. The normalized spacial score (nSPS) is 9.60. The Morgan fingerprint density at radius 1 is 0.800 bits per heavy atom. The molecule has 0 aromatic heterocycles. The van der Waals surface area contributed by atoms with Crippen LogP contribution >= 0.6 is 0 Å². The smallest absolute Gasteiger partial charge is 0.0484 e. The predicted molar refractivity (Wildman–Crippen MR) is 72.3 cm³/mol. The molecule has 0 spiro atoms. The third-order valence-corrected chi connectivity index (χ3v) is 2.59. The second kappa shape index (κ2) is 16.4. The maximum Gasteiger partial charge on any atom is 0.0484 e. The molecule has 1 N–H and O–H groups in total. The topological polar surface area (TPSA) is 20.2 Å². The molecular weight excluding hydrogens is 184 g/mol. The van der Waals surface area contributed by atoms with Crippen LogP contribution in [0.5, 0.6) is 0 Å². The second-order valence-corrected chi connectivity index (χ2v) is 4.38. The maximum atomic E-state index is 8.79. The van der Waals surface area contributed by atoms with Crippen LogP contribution in [0, 0.1) is 5.41 Å². The molecule has 0 aliphatic heterocycles. The Kier molecular flexibility index (Phi) is 22.3. The van der Waals surface area contributed by atoms with E-state index in [1.165, 1.54) is 19.3 Å². The zero-order valence-corrected chi connectivity index (χ0v) is 12.2. The number of hydrogen-bond donors (Lipinski definition) is 1. The standard InChI is InChI=1S/C7H16O.C4H10.C3H8/c1-4-7(3,5-2)6-8;1-3-4-2;1-3-2/h8H,4-6H2,1-3H3;3-4H2,1-2H3;3H2,1-2H3. The lowest BCUT2D eigenvalue weighted by Gasteiger charge is -2.22. The summed E-state index contributed by atoms with van der Waals surface area (Å²) in [5.74, 6) is 0. The van der Waals surface area contributed by atoms with Crippen LogP contribution in [-0.4, -0.2) is 11.7 Å². The summed E-state index contributed by atoms with van der Waals surface area (Å²) in [4.78, 5) is 0. The zero-order valence-electron chi connectivity index (χ0n) is 12.2. The fourth-order valence-electron chi connectivity index (χ4n) is 0.474. The number of aliphatic hydroxyl groups is 1. The molecule has 0 aromatic rings. The average molecular weight is 218 g/mol. The molecule has 0 amide bonds. The third kappa shape index (κ3) is 20.1. The van der Waals surface area contributed by atoms with Crippen LogP contribution in [0.25, 0.3) is 0 Å². The number of aliphatic hydroxyl groups excluding tert-OH is 1. The van der Waals surface area contributed by atoms with Crippen LogP contribution in [0.3, 0.4) is 0 Å². The fraction of sp³-hybridized carbons (Fsp3) is 1.00. The van der Waals surface area contributed by atoms with Crippen LogP contribution in [0.2, 0.25) is 0 Å². The molecule has 1 nitrogen and oxygen atoms in total. The van der Waals surface area contributed by atoms with E-state index in [2.05, 4.69) is 48.5 Å². The highest BCUT2D eigenvalue weighted by molar-refractivity contribution is 4.67. The van der Waals surface area contributed by atoms with E-state index in [9.17, 15) is 0 Å². The van der Waals surface area contributed by atoms with Crippen LogP contribution < -0.4 is 0 Å². The van der Waals surface area contributed by atoms with Gasteiger partial charge in [-0.25, -0.2) is 0 Å². The van der Waals surface area contributed by atoms with E-state index in [4.69, 9.17) is 5.11 Å². The molecule has 0 fully saturated rings. The van der Waals surface area contributed by atoms with Gasteiger partial charge < -0.3 is 5.11 Å². The van der Waals surface area contributed by atoms with Crippen molar-refractivity contribution in [3.63, 3.8) is 0 Å². The fourth-order valence-corrected chi connectivity index (χ4v) is 0.474. The quantitative estimate of drug-likeness (QED) is 0.702. The molecule has 0 radical (unpaired) electrons. The van der Waals surface area contributed by atoms with Crippen molar-refractivity contribution in [3.8, 4) is 0 Å². The van der Waals surface area contributed by atoms with Gasteiger partial charge in [0.25, 0.3) is 0 Å². The highest BCUT2D eigenvalue weighted by atomic mass is 16.3. The molecule has 0 saturated carbocycles. The van der Waals surface area contributed by atoms with E-state index < -0.39 is 0 Å². The zero-order chi connectivity index (χ0) is 12.7. The summed E-state index contributed by atoms with van der Waals surface area (Å²) in [6.45, 7) is 15.3. The van der Waals surface area contributed by atoms with E-state index >= 15 is 0 Å². The molecule has 0 atom stereocenters. The lowest BCUT2D eigenvalue weighted by atomic mass is 9.86. The molecule has 0 aromatic carbocycles. The van der Waals surface area contributed by atoms with Gasteiger partial charge >= 0.3 is 0 Å². The molecule has 0 bridgehead atoms. The lowest BCUT2D eigenvalue weighted by molar-refractivity contribution is 0.133. The summed E-state index contributed by atoms with van der Waals surface area (Å²) < 4.78 is 0. The molecule has 1 heteroatoms. The largest absolute Gasteiger partial charge is 0.396 e. The summed E-state index contributed by atoms with van der Waals surface area (Å²) in [6.07, 6.45) is 6.03. The van der Waals surface area contributed by atoms with Crippen molar-refractivity contribution in [3.05, 3.63) is 0 Å². The van der Waals surface area contributed by atoms with Crippen molar-refractivity contribution in [2.45, 2.75) is 80.6 Å². The van der Waals surface area contributed by atoms with E-state index in [0.717, 1.165) is 12.8 Å². The lowest BCUT2D eigenvalue weighted by Crippen LogP contribution is -2.18. The minimum absolute atomic E-state index is 0.181. The Balaban J connectivity index is -0.000000173. The molecule has 0 saturated heterocycles. The highest BCUT2D eigenvalue weighted by Crippen LogP contribution is 2.23. The van der Waals surface area contributed by atoms with E-state index in [1.54, 1.807) is 0 Å². The van der Waals surface area contributed by atoms with Gasteiger partial charge in [-0.05, 0) is 18.3 Å². The molecule has 96 valence electrons. The first-order chi connectivity index (χ1) is 7.01. The first-order valence-corrected chi connectivity index (χ1v) is 6.62. The van der Waals surface area contributed by atoms with Gasteiger partial charge in [0.1, 0.15) is 0 Å². The van der Waals surface area contributed by atoms with Crippen LogP contribution in [0.1, 0.15) is 80.6 Å². The van der Waals surface area contributed by atoms with Crippen molar-refractivity contribution < 1.29 is 5.11 Å². The summed E-state index contributed by atoms with van der Waals surface area (Å²) in [5, 5.41) is 8.79. The van der Waals surface area contributed by atoms with Gasteiger partial charge in [0, 0.05) is 6.61 Å². The minimum Gasteiger partial charge on any atom is -0.396 e. The molecular formula is C14H34O. The van der Waals surface area contributed by atoms with Gasteiger partial charge in [-0.2, -0.15) is 0 Å². The highest BCUT2D eigenvalue weighted by Gasteiger charge is 2.16. The summed E-state index contributed by atoms with van der Waals surface area (Å²) >= 11 is 0. The van der Waals surface area contributed by atoms with Crippen LogP contribution in [0.4, 0.5) is 0 Å². The number of rotatable bonds is 4. The molecule has 0 heterocycles. The van der Waals surface area contributed by atoms with Crippen LogP contribution in [-0.2, 0) is 0 Å². The Bertz CT molecular complexity index is 75.1. The molecule has 0 aliphatic carbocycles. The Labute approximate surface area is 98.3 Å². The molecule has 0 aliphatic rings. The van der Waals surface area contributed by atoms with Crippen molar-refractivity contribution in [2.75, 3.05) is 6.61 Å². The Morgan fingerprint density at radius 3 is 1.07 bits per heavy atom. The summed E-state index contributed by atoms with van der Waals surface area (Å²) in [6, 6.07) is 0. The van der Waals surface area contributed by atoms with Crippen molar-refractivity contribution in [2.24, 2.45) is 5.41 Å². The van der Waals surface area contributed by atoms with Gasteiger partial charge in [-0.1, -0.05) is 67.7 Å². The van der Waals surface area contributed by atoms with Gasteiger partial charge in [-0.15, -0.1) is 0 Å². The Morgan fingerprint density at radius 2 is 1.07 bits per heavy atom. The van der Waals surface area contributed by atoms with E-state index in [1.807, 2.05) is 0 Å². The van der Waals surface area contributed by atoms with Gasteiger partial charge in [-0.3, -0.25) is 0 Å². The second-order valence-electron chi connectivity index (χ2n) is 4.38. The first kappa shape index (κ1) is 20.4. The number of hydrogen-bond acceptors (Lipinski definition) is 1. The molecule has 0 rings (SSSR count). The third-order valence-electron chi connectivity index (χ3n) is 2.59. The van der Waals surface area contributed by atoms with Crippen molar-refractivity contribution in [1.82, 2.24) is 0 Å². The molecule has 15 heavy (non-hydrogen) atoms. The number of unbranched alkanes of at least 4 members (excludes halogenated alkanes) is 1. The van der Waals surface area contributed by atoms with Gasteiger partial charge in [0.2, 0.25) is 0 Å². The van der Waals surface area contributed by atoms with Gasteiger partial charge in [0.15, 0.2) is 0 Å². The van der Waals surface area contributed by atoms with E-state index in [-0.39, 0.29) is 5.41 Å². The van der Waals surface area contributed by atoms with Gasteiger partial charge in [0.05, 0.1) is 0 Å². The predicted octanol–water partition coefficient (Wildman–Crippen LogP) is 5.03. The maximum absolute atomic E-state index is 8.79. The SMILES string of the molecule is CCC.CCC(C)(CC)CO.CCCC. The first-order valence-electron chi connectivity index (χ1n) is 6.62. The van der Waals surface area contributed by atoms with Crippen molar-refractivity contribution >= 4 is 0 Å². The van der Waals surface area contributed by atoms with E-state index in [0.29, 0.717) is 6.61 Å².